The van der Waals surface area contributed by atoms with Crippen LogP contribution in [0, 0.1) is 11.3 Å². The number of anilines is 3. The molecule has 3 atom stereocenters. The maximum absolute atomic E-state index is 2.62. The van der Waals surface area contributed by atoms with Crippen molar-refractivity contribution in [2.24, 2.45) is 11.3 Å². The van der Waals surface area contributed by atoms with Gasteiger partial charge in [0.2, 0.25) is 0 Å². The number of para-hydroxylation sites is 2. The average Bonchev–Trinajstić information content (AvgIpc) is 3.70. The van der Waals surface area contributed by atoms with E-state index in [-0.39, 0.29) is 5.41 Å². The highest BCUT2D eigenvalue weighted by Gasteiger charge is 2.60. The van der Waals surface area contributed by atoms with Gasteiger partial charge in [-0.1, -0.05) is 152 Å². The van der Waals surface area contributed by atoms with Crippen molar-refractivity contribution >= 4 is 81.1 Å². The van der Waals surface area contributed by atoms with Gasteiger partial charge in [-0.05, 0) is 137 Å². The molecule has 2 fully saturated rings. The summed E-state index contributed by atoms with van der Waals surface area (Å²) in [5.41, 5.74) is 15.8. The van der Waals surface area contributed by atoms with Crippen molar-refractivity contribution in [2.75, 3.05) is 4.90 Å². The Morgan fingerprint density at radius 1 is 0.538 bits per heavy atom. The second kappa shape index (κ2) is 13.9. The number of hydrogen-bond acceptors (Lipinski definition) is 2. The molecule has 2 nitrogen and oxygen atoms in total. The summed E-state index contributed by atoms with van der Waals surface area (Å²) in [7, 11) is 0. The Balaban J connectivity index is 0.883. The predicted molar refractivity (Wildman–Crippen MR) is 277 cm³/mol. The standard InChI is InChI=1S/C62H46N2S/c1-61(37-44-32-33-62(39-61)38-55(44)62)45-14-10-15-48(36-45)63(47-30-26-41(27-31-47)50-19-11-20-53-52-18-6-9-23-59(52)65-60(50)53)46-28-24-40(25-29-46)49-16-4-7-21-56(49)64-57-22-8-5-17-51(57)54-34-42-12-2-3-13-43(42)35-58(54)64/h2-31,34-36,38,44H,32-33,37,39H2,1H3/t44-,61?,62?/m0/s1. The SMILES string of the molecule is CC1(c2cccc(N(c3ccc(-c4ccccc4-n4c5ccccc5c5cc6ccccc6cc54)cc3)c3ccc(-c4cccc5c4sc4ccccc45)cc3)c2)C[C@@H]2CCC3(C=C23)C1. The van der Waals surface area contributed by atoms with Crippen LogP contribution in [0.3, 0.4) is 0 Å². The Morgan fingerprint density at radius 3 is 2.00 bits per heavy atom. The molecule has 9 aromatic carbocycles. The van der Waals surface area contributed by atoms with Crippen LogP contribution in [0.1, 0.15) is 38.2 Å². The highest BCUT2D eigenvalue weighted by atomic mass is 32.1. The molecule has 3 heteroatoms. The molecular weight excluding hydrogens is 805 g/mol. The molecule has 2 heterocycles. The minimum atomic E-state index is 0.152. The summed E-state index contributed by atoms with van der Waals surface area (Å²) in [5, 5.41) is 7.72. The van der Waals surface area contributed by atoms with Crippen molar-refractivity contribution < 1.29 is 0 Å². The minimum absolute atomic E-state index is 0.152. The largest absolute Gasteiger partial charge is 0.310 e. The molecule has 3 aliphatic carbocycles. The Kier molecular flexibility index (Phi) is 7.96. The lowest BCUT2D eigenvalue weighted by atomic mass is 9.66. The number of fused-ring (bicyclic) bond motifs is 7. The van der Waals surface area contributed by atoms with Gasteiger partial charge in [-0.15, -0.1) is 11.3 Å². The lowest BCUT2D eigenvalue weighted by Crippen LogP contribution is -2.31. The third kappa shape index (κ3) is 5.71. The summed E-state index contributed by atoms with van der Waals surface area (Å²) < 4.78 is 5.15. The predicted octanol–water partition coefficient (Wildman–Crippen LogP) is 17.5. The first-order chi connectivity index (χ1) is 32.0. The zero-order valence-electron chi connectivity index (χ0n) is 36.3. The second-order valence-corrected chi connectivity index (χ2v) is 20.3. The van der Waals surface area contributed by atoms with E-state index >= 15 is 0 Å². The molecule has 0 aliphatic heterocycles. The van der Waals surface area contributed by atoms with Crippen molar-refractivity contribution in [3.63, 3.8) is 0 Å². The smallest absolute Gasteiger partial charge is 0.0547 e. The van der Waals surface area contributed by atoms with Crippen molar-refractivity contribution in [3.8, 4) is 27.9 Å². The molecule has 0 N–H and O–H groups in total. The van der Waals surface area contributed by atoms with E-state index in [0.717, 1.165) is 17.3 Å². The first-order valence-electron chi connectivity index (χ1n) is 23.3. The third-order valence-corrected chi connectivity index (χ3v) is 16.7. The van der Waals surface area contributed by atoms with Gasteiger partial charge in [0.1, 0.15) is 0 Å². The van der Waals surface area contributed by atoms with E-state index in [1.807, 2.05) is 11.3 Å². The van der Waals surface area contributed by atoms with Crippen LogP contribution in [0.4, 0.5) is 17.1 Å². The number of benzene rings is 9. The fourth-order valence-corrected chi connectivity index (χ4v) is 13.7. The normalized spacial score (nSPS) is 19.9. The summed E-state index contributed by atoms with van der Waals surface area (Å²) >= 11 is 1.89. The molecule has 0 amide bonds. The number of thiophene rings is 1. The van der Waals surface area contributed by atoms with Gasteiger partial charge in [-0.25, -0.2) is 0 Å². The van der Waals surface area contributed by atoms with Gasteiger partial charge in [-0.2, -0.15) is 0 Å². The molecule has 0 radical (unpaired) electrons. The van der Waals surface area contributed by atoms with Crippen molar-refractivity contribution in [1.82, 2.24) is 4.57 Å². The lowest BCUT2D eigenvalue weighted by Gasteiger charge is -2.39. The molecule has 2 bridgehead atoms. The Morgan fingerprint density at radius 2 is 1.20 bits per heavy atom. The minimum Gasteiger partial charge on any atom is -0.310 e. The van der Waals surface area contributed by atoms with Gasteiger partial charge in [0, 0.05) is 59.0 Å². The van der Waals surface area contributed by atoms with E-state index in [1.54, 1.807) is 5.57 Å². The van der Waals surface area contributed by atoms with Crippen molar-refractivity contribution in [1.29, 1.82) is 0 Å². The van der Waals surface area contributed by atoms with Gasteiger partial charge in [0.15, 0.2) is 0 Å². The zero-order valence-corrected chi connectivity index (χ0v) is 37.2. The van der Waals surface area contributed by atoms with Crippen LogP contribution in [0.5, 0.6) is 0 Å². The summed E-state index contributed by atoms with van der Waals surface area (Å²) in [5.74, 6) is 0.753. The van der Waals surface area contributed by atoms with Gasteiger partial charge in [0.05, 0.1) is 16.7 Å². The highest BCUT2D eigenvalue weighted by Crippen LogP contribution is 2.70. The van der Waals surface area contributed by atoms with Crippen LogP contribution in [0.15, 0.2) is 212 Å². The van der Waals surface area contributed by atoms with E-state index in [2.05, 4.69) is 223 Å². The first kappa shape index (κ1) is 37.2. The van der Waals surface area contributed by atoms with Gasteiger partial charge in [0.25, 0.3) is 0 Å². The Hall–Kier alpha value is -7.20. The van der Waals surface area contributed by atoms with Crippen LogP contribution in [0.2, 0.25) is 0 Å². The molecule has 310 valence electrons. The average molecular weight is 851 g/mol. The molecule has 11 aromatic rings. The molecule has 3 aliphatic rings. The van der Waals surface area contributed by atoms with Crippen LogP contribution in [-0.4, -0.2) is 4.57 Å². The van der Waals surface area contributed by atoms with E-state index in [1.165, 1.54) is 118 Å². The molecule has 2 unspecified atom stereocenters. The number of aromatic nitrogens is 1. The molecule has 0 spiro atoms. The second-order valence-electron chi connectivity index (χ2n) is 19.3. The van der Waals surface area contributed by atoms with E-state index in [9.17, 15) is 0 Å². The first-order valence-corrected chi connectivity index (χ1v) is 24.1. The summed E-state index contributed by atoms with van der Waals surface area (Å²) in [6.45, 7) is 2.54. The van der Waals surface area contributed by atoms with Crippen LogP contribution < -0.4 is 4.90 Å². The van der Waals surface area contributed by atoms with Crippen molar-refractivity contribution in [3.05, 3.63) is 217 Å². The lowest BCUT2D eigenvalue weighted by molar-refractivity contribution is 0.286. The number of rotatable bonds is 7. The number of hydrogen-bond donors (Lipinski definition) is 0. The summed E-state index contributed by atoms with van der Waals surface area (Å²) in [4.78, 5) is 2.47. The fraction of sp³-hybridized carbons (Fsp3) is 0.129. The molecule has 2 saturated carbocycles. The van der Waals surface area contributed by atoms with Crippen LogP contribution >= 0.6 is 11.3 Å². The Labute approximate surface area is 383 Å². The van der Waals surface area contributed by atoms with E-state index in [0.29, 0.717) is 5.41 Å². The third-order valence-electron chi connectivity index (χ3n) is 15.5. The van der Waals surface area contributed by atoms with Crippen LogP contribution in [0.25, 0.3) is 80.7 Å². The Bertz CT molecular complexity index is 3760. The fourth-order valence-electron chi connectivity index (χ4n) is 12.4. The highest BCUT2D eigenvalue weighted by molar-refractivity contribution is 7.26. The molecule has 14 rings (SSSR count). The van der Waals surface area contributed by atoms with E-state index < -0.39 is 0 Å². The number of allylic oxidation sites excluding steroid dienone is 2. The number of nitrogens with zero attached hydrogens (tertiary/aromatic N) is 2. The maximum Gasteiger partial charge on any atom is 0.0547 e. The maximum atomic E-state index is 2.62. The van der Waals surface area contributed by atoms with Crippen molar-refractivity contribution in [2.45, 2.75) is 38.0 Å². The monoisotopic (exact) mass is 850 g/mol. The quantitative estimate of drug-likeness (QED) is 0.145. The summed E-state index contributed by atoms with van der Waals surface area (Å²) in [6, 6.07) is 74.8. The molecule has 0 saturated heterocycles. The molecule has 2 aromatic heterocycles. The van der Waals surface area contributed by atoms with Gasteiger partial charge < -0.3 is 9.47 Å². The van der Waals surface area contributed by atoms with Gasteiger partial charge >= 0.3 is 0 Å². The van der Waals surface area contributed by atoms with Gasteiger partial charge in [-0.3, -0.25) is 0 Å². The van der Waals surface area contributed by atoms with E-state index in [4.69, 9.17) is 0 Å². The zero-order chi connectivity index (χ0) is 42.9. The summed E-state index contributed by atoms with van der Waals surface area (Å²) in [6.07, 6.45) is 7.81. The topological polar surface area (TPSA) is 8.17 Å². The van der Waals surface area contributed by atoms with Crippen LogP contribution in [-0.2, 0) is 5.41 Å². The molecule has 65 heavy (non-hydrogen) atoms. The molecular formula is C62H46N2S.